The summed E-state index contributed by atoms with van der Waals surface area (Å²) < 4.78 is 45.3. The van der Waals surface area contributed by atoms with E-state index < -0.39 is 30.0 Å². The van der Waals surface area contributed by atoms with E-state index >= 15 is 0 Å². The number of likely N-dealkylation sites (tertiary alicyclic amines) is 1. The van der Waals surface area contributed by atoms with E-state index in [0.29, 0.717) is 25.1 Å². The number of hydrogen-bond acceptors (Lipinski definition) is 5. The number of benzene rings is 2. The molecule has 0 unspecified atom stereocenters. The molecule has 3 fully saturated rings. The molecule has 0 aromatic heterocycles. The highest BCUT2D eigenvalue weighted by Gasteiger charge is 2.49. The van der Waals surface area contributed by atoms with Crippen molar-refractivity contribution in [2.45, 2.75) is 57.7 Å². The number of ether oxygens (including phenoxy) is 1. The van der Waals surface area contributed by atoms with E-state index in [1.165, 1.54) is 9.80 Å². The zero-order valence-corrected chi connectivity index (χ0v) is 22.4. The van der Waals surface area contributed by atoms with Gasteiger partial charge in [-0.25, -0.2) is 4.79 Å². The van der Waals surface area contributed by atoms with E-state index in [-0.39, 0.29) is 43.5 Å². The molecule has 2 atom stereocenters. The van der Waals surface area contributed by atoms with Gasteiger partial charge in [0.2, 0.25) is 11.8 Å². The molecule has 5 rings (SSSR count). The summed E-state index contributed by atoms with van der Waals surface area (Å²) in [5, 5.41) is 0. The summed E-state index contributed by atoms with van der Waals surface area (Å²) in [5.74, 6) is -0.340. The first kappa shape index (κ1) is 27.9. The van der Waals surface area contributed by atoms with Gasteiger partial charge >= 0.3 is 12.3 Å². The molecule has 3 amide bonds. The fourth-order valence-electron chi connectivity index (χ4n) is 5.66. The molecule has 3 aliphatic heterocycles. The Hall–Kier alpha value is -3.60. The number of halogens is 3. The molecule has 2 aromatic rings. The van der Waals surface area contributed by atoms with Crippen molar-refractivity contribution in [3.63, 3.8) is 0 Å². The summed E-state index contributed by atoms with van der Waals surface area (Å²) in [7, 11) is 0. The molecular formula is C29H33F3N4O4. The number of fused-ring (bicyclic) bond motifs is 1. The number of rotatable bonds is 7. The molecule has 40 heavy (non-hydrogen) atoms. The number of nitrogens with zero attached hydrogens (tertiary/aromatic N) is 4. The summed E-state index contributed by atoms with van der Waals surface area (Å²) in [5.41, 5.74) is 0.758. The van der Waals surface area contributed by atoms with Crippen molar-refractivity contribution in [2.75, 3.05) is 32.7 Å². The van der Waals surface area contributed by atoms with E-state index in [4.69, 9.17) is 4.74 Å². The summed E-state index contributed by atoms with van der Waals surface area (Å²) >= 11 is 0. The van der Waals surface area contributed by atoms with Gasteiger partial charge in [-0.1, -0.05) is 42.0 Å². The fraction of sp³-hybridized carbons (Fsp3) is 0.483. The SMILES string of the molecule is Cc1cc(COC(=O)N2CCC(=O)N3[C@@H]2CN(Cc2ccccc2)C(=O)[C@@H]3CCN2CCC2)cc(C(F)(F)F)c1. The number of amides is 3. The molecule has 3 saturated heterocycles. The van der Waals surface area contributed by atoms with E-state index in [2.05, 4.69) is 4.90 Å². The standard InChI is InChI=1S/C29H33F3N4O4/c1-20-14-22(16-23(15-20)29(30,31)32)19-40-28(39)35-13-9-26(37)36-24(8-12-33-10-5-11-33)27(38)34(18-25(35)36)17-21-6-3-2-4-7-21/h2-4,6-7,14-16,24-25H,5,8-13,17-19H2,1H3/t24-,25+/m0/s1. The third-order valence-electron chi connectivity index (χ3n) is 7.80. The molecule has 0 aliphatic carbocycles. The maximum atomic E-state index is 13.7. The highest BCUT2D eigenvalue weighted by atomic mass is 19.4. The minimum atomic E-state index is -4.51. The second-order valence-corrected chi connectivity index (χ2v) is 10.7. The minimum absolute atomic E-state index is 0.0421. The summed E-state index contributed by atoms with van der Waals surface area (Å²) in [6, 6.07) is 12.4. The van der Waals surface area contributed by atoms with Gasteiger partial charge in [-0.15, -0.1) is 0 Å². The van der Waals surface area contributed by atoms with Gasteiger partial charge in [0.25, 0.3) is 0 Å². The van der Waals surface area contributed by atoms with Crippen LogP contribution in [-0.4, -0.2) is 82.4 Å². The van der Waals surface area contributed by atoms with Crippen LogP contribution in [0.25, 0.3) is 0 Å². The number of piperazine rings is 1. The largest absolute Gasteiger partial charge is 0.444 e. The predicted molar refractivity (Wildman–Crippen MR) is 140 cm³/mol. The van der Waals surface area contributed by atoms with Crippen LogP contribution in [0.2, 0.25) is 0 Å². The van der Waals surface area contributed by atoms with Gasteiger partial charge in [-0.3, -0.25) is 14.5 Å². The quantitative estimate of drug-likeness (QED) is 0.514. The number of hydrogen-bond donors (Lipinski definition) is 0. The van der Waals surface area contributed by atoms with Crippen molar-refractivity contribution in [2.24, 2.45) is 0 Å². The molecule has 0 saturated carbocycles. The molecule has 2 aromatic carbocycles. The van der Waals surface area contributed by atoms with Crippen LogP contribution in [0.3, 0.4) is 0 Å². The normalized spacial score (nSPS) is 21.8. The lowest BCUT2D eigenvalue weighted by Gasteiger charge is -2.52. The molecule has 8 nitrogen and oxygen atoms in total. The monoisotopic (exact) mass is 558 g/mol. The van der Waals surface area contributed by atoms with Crippen LogP contribution in [0, 0.1) is 6.92 Å². The molecule has 214 valence electrons. The Balaban J connectivity index is 1.35. The molecule has 3 heterocycles. The van der Waals surface area contributed by atoms with E-state index in [9.17, 15) is 27.6 Å². The van der Waals surface area contributed by atoms with Crippen LogP contribution in [0.1, 0.15) is 41.5 Å². The lowest BCUT2D eigenvalue weighted by molar-refractivity contribution is -0.169. The minimum Gasteiger partial charge on any atom is -0.444 e. The molecule has 3 aliphatic rings. The van der Waals surface area contributed by atoms with Gasteiger partial charge < -0.3 is 19.4 Å². The van der Waals surface area contributed by atoms with Crippen molar-refractivity contribution in [1.29, 1.82) is 0 Å². The first-order valence-corrected chi connectivity index (χ1v) is 13.6. The van der Waals surface area contributed by atoms with Crippen LogP contribution >= 0.6 is 0 Å². The third-order valence-corrected chi connectivity index (χ3v) is 7.80. The first-order valence-electron chi connectivity index (χ1n) is 13.6. The second-order valence-electron chi connectivity index (χ2n) is 10.7. The summed E-state index contributed by atoms with van der Waals surface area (Å²) in [6.07, 6.45) is -4.36. The molecule has 0 N–H and O–H groups in total. The van der Waals surface area contributed by atoms with Crippen LogP contribution in [0.4, 0.5) is 18.0 Å². The Morgan fingerprint density at radius 3 is 2.45 bits per heavy atom. The van der Waals surface area contributed by atoms with Gasteiger partial charge in [0, 0.05) is 26.1 Å². The van der Waals surface area contributed by atoms with Gasteiger partial charge in [-0.2, -0.15) is 13.2 Å². The van der Waals surface area contributed by atoms with Crippen molar-refractivity contribution in [3.8, 4) is 0 Å². The lowest BCUT2D eigenvalue weighted by atomic mass is 10.00. The third kappa shape index (κ3) is 6.09. The lowest BCUT2D eigenvalue weighted by Crippen LogP contribution is -2.71. The topological polar surface area (TPSA) is 73.4 Å². The Morgan fingerprint density at radius 1 is 1.02 bits per heavy atom. The zero-order valence-electron chi connectivity index (χ0n) is 22.4. The van der Waals surface area contributed by atoms with Gasteiger partial charge in [0.05, 0.1) is 12.1 Å². The van der Waals surface area contributed by atoms with Crippen LogP contribution < -0.4 is 0 Å². The molecule has 0 radical (unpaired) electrons. The van der Waals surface area contributed by atoms with E-state index in [1.54, 1.807) is 17.9 Å². The maximum Gasteiger partial charge on any atom is 0.416 e. The van der Waals surface area contributed by atoms with Crippen molar-refractivity contribution in [1.82, 2.24) is 19.6 Å². The number of alkyl halides is 3. The highest BCUT2D eigenvalue weighted by Crippen LogP contribution is 2.32. The second kappa shape index (κ2) is 11.5. The number of aryl methyl sites for hydroxylation is 1. The fourth-order valence-corrected chi connectivity index (χ4v) is 5.66. The van der Waals surface area contributed by atoms with Crippen LogP contribution in [-0.2, 0) is 33.7 Å². The van der Waals surface area contributed by atoms with Gasteiger partial charge in [-0.05, 0) is 56.1 Å². The molecule has 0 spiro atoms. The number of carbonyl (C=O) groups is 3. The number of carbonyl (C=O) groups excluding carboxylic acids is 3. The van der Waals surface area contributed by atoms with E-state index in [1.807, 2.05) is 30.3 Å². The summed E-state index contributed by atoms with van der Waals surface area (Å²) in [4.78, 5) is 47.0. The molecule has 0 bridgehead atoms. The van der Waals surface area contributed by atoms with E-state index in [0.717, 1.165) is 37.2 Å². The predicted octanol–water partition coefficient (Wildman–Crippen LogP) is 4.02. The highest BCUT2D eigenvalue weighted by molar-refractivity contribution is 5.90. The Kier molecular flexibility index (Phi) is 8.02. The average molecular weight is 559 g/mol. The Bertz CT molecular complexity index is 1250. The van der Waals surface area contributed by atoms with Crippen molar-refractivity contribution in [3.05, 3.63) is 70.8 Å². The van der Waals surface area contributed by atoms with Crippen LogP contribution in [0.15, 0.2) is 48.5 Å². The van der Waals surface area contributed by atoms with Crippen molar-refractivity contribution < 1.29 is 32.3 Å². The zero-order chi connectivity index (χ0) is 28.4. The van der Waals surface area contributed by atoms with Crippen molar-refractivity contribution >= 4 is 17.9 Å². The smallest absolute Gasteiger partial charge is 0.416 e. The average Bonchev–Trinajstić information content (AvgIpc) is 2.88. The van der Waals surface area contributed by atoms with Gasteiger partial charge in [0.15, 0.2) is 0 Å². The first-order chi connectivity index (χ1) is 19.1. The summed E-state index contributed by atoms with van der Waals surface area (Å²) in [6.45, 7) is 4.36. The van der Waals surface area contributed by atoms with Crippen LogP contribution in [0.5, 0.6) is 0 Å². The molecular weight excluding hydrogens is 525 g/mol. The molecule has 11 heteroatoms. The maximum absolute atomic E-state index is 13.7. The Morgan fingerprint density at radius 2 is 1.77 bits per heavy atom. The van der Waals surface area contributed by atoms with Gasteiger partial charge in [0.1, 0.15) is 18.8 Å². The Labute approximate surface area is 231 Å².